The number of methoxy groups -OCH3 is 1. The molecule has 0 amide bonds. The molecule has 0 saturated carbocycles. The van der Waals surface area contributed by atoms with E-state index in [9.17, 15) is 4.79 Å². The van der Waals surface area contributed by atoms with E-state index in [4.69, 9.17) is 16.3 Å². The van der Waals surface area contributed by atoms with E-state index in [-0.39, 0.29) is 12.4 Å². The van der Waals surface area contributed by atoms with E-state index < -0.39 is 0 Å². The predicted octanol–water partition coefficient (Wildman–Crippen LogP) is 2.34. The van der Waals surface area contributed by atoms with Crippen LogP contribution in [0.3, 0.4) is 0 Å². The first-order valence-corrected chi connectivity index (χ1v) is 7.22. The standard InChI is InChI=1S/C15H22ClNO3/c1-17(9-7-16)8-4-10-20-14-6-3-5-13(11-14)12-15(18)19-2/h3,5-6,11H,4,7-10,12H2,1-2H3. The molecule has 0 radical (unpaired) electrons. The third kappa shape index (κ3) is 6.78. The molecule has 0 saturated heterocycles. The first-order valence-electron chi connectivity index (χ1n) is 6.68. The Morgan fingerprint density at radius 1 is 1.35 bits per heavy atom. The van der Waals surface area contributed by atoms with Crippen LogP contribution in [-0.4, -0.2) is 50.6 Å². The van der Waals surface area contributed by atoms with Crippen molar-refractivity contribution in [3.63, 3.8) is 0 Å². The molecular weight excluding hydrogens is 278 g/mol. The van der Waals surface area contributed by atoms with Crippen LogP contribution in [0.5, 0.6) is 5.75 Å². The molecule has 0 unspecified atom stereocenters. The Kier molecular flexibility index (Phi) is 8.07. The summed E-state index contributed by atoms with van der Waals surface area (Å²) in [5.74, 6) is 1.18. The average molecular weight is 300 g/mol. The second-order valence-corrected chi connectivity index (χ2v) is 4.97. The van der Waals surface area contributed by atoms with Gasteiger partial charge >= 0.3 is 5.97 Å². The van der Waals surface area contributed by atoms with Crippen molar-refractivity contribution in [3.8, 4) is 5.75 Å². The molecule has 4 nitrogen and oxygen atoms in total. The fraction of sp³-hybridized carbons (Fsp3) is 0.533. The number of alkyl halides is 1. The zero-order valence-corrected chi connectivity index (χ0v) is 12.9. The molecule has 0 spiro atoms. The number of carbonyl (C=O) groups is 1. The summed E-state index contributed by atoms with van der Waals surface area (Å²) in [6.45, 7) is 2.49. The summed E-state index contributed by atoms with van der Waals surface area (Å²) in [5.41, 5.74) is 0.897. The van der Waals surface area contributed by atoms with Gasteiger partial charge in [-0.25, -0.2) is 0 Å². The number of carbonyl (C=O) groups excluding carboxylic acids is 1. The van der Waals surface area contributed by atoms with Gasteiger partial charge in [-0.1, -0.05) is 12.1 Å². The summed E-state index contributed by atoms with van der Waals surface area (Å²) in [7, 11) is 3.43. The molecule has 1 aromatic carbocycles. The minimum absolute atomic E-state index is 0.246. The molecule has 0 bridgehead atoms. The third-order valence-corrected chi connectivity index (χ3v) is 3.06. The monoisotopic (exact) mass is 299 g/mol. The van der Waals surface area contributed by atoms with Crippen molar-refractivity contribution < 1.29 is 14.3 Å². The zero-order chi connectivity index (χ0) is 14.8. The molecular formula is C15H22ClNO3. The minimum atomic E-state index is -0.246. The topological polar surface area (TPSA) is 38.8 Å². The Labute approximate surface area is 125 Å². The highest BCUT2D eigenvalue weighted by molar-refractivity contribution is 6.18. The molecule has 0 atom stereocenters. The van der Waals surface area contributed by atoms with Crippen LogP contribution in [0, 0.1) is 0 Å². The molecule has 1 rings (SSSR count). The van der Waals surface area contributed by atoms with E-state index in [1.807, 2.05) is 31.3 Å². The van der Waals surface area contributed by atoms with Gasteiger partial charge in [0.1, 0.15) is 5.75 Å². The molecule has 1 aromatic rings. The van der Waals surface area contributed by atoms with Crippen LogP contribution in [-0.2, 0) is 16.0 Å². The van der Waals surface area contributed by atoms with Crippen molar-refractivity contribution in [2.24, 2.45) is 0 Å². The van der Waals surface area contributed by atoms with Crippen molar-refractivity contribution in [2.45, 2.75) is 12.8 Å². The van der Waals surface area contributed by atoms with E-state index in [1.165, 1.54) is 7.11 Å². The minimum Gasteiger partial charge on any atom is -0.494 e. The summed E-state index contributed by atoms with van der Waals surface area (Å²) in [6.07, 6.45) is 1.21. The Morgan fingerprint density at radius 3 is 2.85 bits per heavy atom. The van der Waals surface area contributed by atoms with E-state index in [0.29, 0.717) is 12.5 Å². The van der Waals surface area contributed by atoms with Crippen molar-refractivity contribution in [2.75, 3.05) is 39.7 Å². The van der Waals surface area contributed by atoms with Crippen molar-refractivity contribution in [1.82, 2.24) is 4.90 Å². The molecule has 0 heterocycles. The largest absolute Gasteiger partial charge is 0.494 e. The van der Waals surface area contributed by atoms with Crippen LogP contribution in [0.2, 0.25) is 0 Å². The molecule has 0 aliphatic carbocycles. The highest BCUT2D eigenvalue weighted by atomic mass is 35.5. The number of nitrogens with zero attached hydrogens (tertiary/aromatic N) is 1. The lowest BCUT2D eigenvalue weighted by Gasteiger charge is -2.15. The van der Waals surface area contributed by atoms with Crippen molar-refractivity contribution >= 4 is 17.6 Å². The second-order valence-electron chi connectivity index (χ2n) is 4.59. The molecule has 0 aliphatic heterocycles. The summed E-state index contributed by atoms with van der Waals surface area (Å²) in [4.78, 5) is 13.4. The van der Waals surface area contributed by atoms with Gasteiger partial charge in [0.05, 0.1) is 20.1 Å². The zero-order valence-electron chi connectivity index (χ0n) is 12.1. The fourth-order valence-corrected chi connectivity index (χ4v) is 2.05. The lowest BCUT2D eigenvalue weighted by atomic mass is 10.1. The molecule has 0 aliphatic rings. The van der Waals surface area contributed by atoms with Gasteiger partial charge in [0, 0.05) is 19.0 Å². The molecule has 112 valence electrons. The van der Waals surface area contributed by atoms with Crippen LogP contribution in [0.1, 0.15) is 12.0 Å². The Morgan fingerprint density at radius 2 is 2.15 bits per heavy atom. The summed E-state index contributed by atoms with van der Waals surface area (Å²) >= 11 is 5.67. The van der Waals surface area contributed by atoms with Crippen LogP contribution < -0.4 is 4.74 Å². The van der Waals surface area contributed by atoms with Crippen molar-refractivity contribution in [1.29, 1.82) is 0 Å². The van der Waals surface area contributed by atoms with Crippen molar-refractivity contribution in [3.05, 3.63) is 29.8 Å². The first-order chi connectivity index (χ1) is 9.65. The maximum atomic E-state index is 11.2. The second kappa shape index (κ2) is 9.61. The quantitative estimate of drug-likeness (QED) is 0.398. The Hall–Kier alpha value is -1.26. The van der Waals surface area contributed by atoms with E-state index in [1.54, 1.807) is 0 Å². The smallest absolute Gasteiger partial charge is 0.309 e. The predicted molar refractivity (Wildman–Crippen MR) is 80.5 cm³/mol. The van der Waals surface area contributed by atoms with Gasteiger partial charge in [0.2, 0.25) is 0 Å². The SMILES string of the molecule is COC(=O)Cc1cccc(OCCCN(C)CCCl)c1. The number of halogens is 1. The van der Waals surface area contributed by atoms with Gasteiger partial charge in [-0.15, -0.1) is 11.6 Å². The average Bonchev–Trinajstić information content (AvgIpc) is 2.44. The molecule has 0 N–H and O–H groups in total. The van der Waals surface area contributed by atoms with E-state index >= 15 is 0 Å². The first kappa shape index (κ1) is 16.8. The van der Waals surface area contributed by atoms with Gasteiger partial charge in [-0.05, 0) is 31.2 Å². The number of hydrogen-bond acceptors (Lipinski definition) is 4. The number of benzene rings is 1. The molecule has 0 aromatic heterocycles. The molecule has 20 heavy (non-hydrogen) atoms. The lowest BCUT2D eigenvalue weighted by Crippen LogP contribution is -2.23. The lowest BCUT2D eigenvalue weighted by molar-refractivity contribution is -0.139. The normalized spacial score (nSPS) is 10.6. The van der Waals surface area contributed by atoms with Crippen LogP contribution in [0.15, 0.2) is 24.3 Å². The summed E-state index contributed by atoms with van der Waals surface area (Å²) in [5, 5.41) is 0. The highest BCUT2D eigenvalue weighted by Gasteiger charge is 2.04. The Balaban J connectivity index is 2.33. The van der Waals surface area contributed by atoms with Gasteiger partial charge in [0.15, 0.2) is 0 Å². The van der Waals surface area contributed by atoms with E-state index in [2.05, 4.69) is 9.64 Å². The fourth-order valence-electron chi connectivity index (χ4n) is 1.76. The van der Waals surface area contributed by atoms with Crippen LogP contribution in [0.4, 0.5) is 0 Å². The summed E-state index contributed by atoms with van der Waals surface area (Å²) < 4.78 is 10.3. The van der Waals surface area contributed by atoms with E-state index in [0.717, 1.165) is 30.8 Å². The molecule has 0 fully saturated rings. The number of ether oxygens (including phenoxy) is 2. The number of esters is 1. The van der Waals surface area contributed by atoms with Crippen LogP contribution >= 0.6 is 11.6 Å². The third-order valence-electron chi connectivity index (χ3n) is 2.89. The maximum Gasteiger partial charge on any atom is 0.309 e. The van der Waals surface area contributed by atoms with Gasteiger partial charge in [-0.3, -0.25) is 4.79 Å². The van der Waals surface area contributed by atoms with Gasteiger partial charge in [0.25, 0.3) is 0 Å². The van der Waals surface area contributed by atoms with Gasteiger partial charge < -0.3 is 14.4 Å². The summed E-state index contributed by atoms with van der Waals surface area (Å²) in [6, 6.07) is 7.54. The number of hydrogen-bond donors (Lipinski definition) is 0. The Bertz CT molecular complexity index is 412. The molecule has 5 heteroatoms. The van der Waals surface area contributed by atoms with Crippen LogP contribution in [0.25, 0.3) is 0 Å². The van der Waals surface area contributed by atoms with Gasteiger partial charge in [-0.2, -0.15) is 0 Å². The highest BCUT2D eigenvalue weighted by Crippen LogP contribution is 2.14. The maximum absolute atomic E-state index is 11.2. The number of rotatable bonds is 9.